The number of hydrogen-bond acceptors (Lipinski definition) is 6. The van der Waals surface area contributed by atoms with Crippen molar-refractivity contribution in [3.05, 3.63) is 47.7 Å². The molecular weight excluding hydrogens is 394 g/mol. The molecule has 1 saturated heterocycles. The lowest BCUT2D eigenvalue weighted by Crippen LogP contribution is -2.34. The minimum Gasteiger partial charge on any atom is -0.478 e. The van der Waals surface area contributed by atoms with Crippen LogP contribution in [-0.2, 0) is 10.0 Å². The Morgan fingerprint density at radius 3 is 2.31 bits per heavy atom. The Balaban J connectivity index is 1.96. The van der Waals surface area contributed by atoms with Gasteiger partial charge in [0.25, 0.3) is 10.0 Å². The molecule has 0 aliphatic carbocycles. The van der Waals surface area contributed by atoms with Crippen molar-refractivity contribution in [3.63, 3.8) is 0 Å². The zero-order chi connectivity index (χ0) is 21.2. The van der Waals surface area contributed by atoms with Gasteiger partial charge in [-0.2, -0.15) is 0 Å². The molecule has 29 heavy (non-hydrogen) atoms. The highest BCUT2D eigenvalue weighted by atomic mass is 32.2. The van der Waals surface area contributed by atoms with Crippen molar-refractivity contribution in [3.8, 4) is 0 Å². The molecule has 2 heterocycles. The van der Waals surface area contributed by atoms with Crippen LogP contribution in [0.2, 0.25) is 0 Å². The summed E-state index contributed by atoms with van der Waals surface area (Å²) in [6.07, 6.45) is 3.12. The Labute approximate surface area is 169 Å². The number of sulfonamides is 1. The van der Waals surface area contributed by atoms with Gasteiger partial charge in [-0.3, -0.25) is 9.52 Å². The van der Waals surface area contributed by atoms with E-state index in [-0.39, 0.29) is 21.9 Å². The van der Waals surface area contributed by atoms with Crippen LogP contribution < -0.4 is 9.62 Å². The summed E-state index contributed by atoms with van der Waals surface area (Å²) in [5.74, 6) is -0.375. The number of pyridine rings is 1. The van der Waals surface area contributed by atoms with E-state index in [9.17, 15) is 23.1 Å². The number of carbonyl (C=O) groups excluding carboxylic acids is 1. The largest absolute Gasteiger partial charge is 0.478 e. The first-order chi connectivity index (χ1) is 13.7. The monoisotopic (exact) mass is 417 g/mol. The molecule has 3 rings (SSSR count). The van der Waals surface area contributed by atoms with Gasteiger partial charge in [0, 0.05) is 24.8 Å². The number of benzene rings is 1. The number of ketones is 1. The number of hydrogen-bond donors (Lipinski definition) is 2. The van der Waals surface area contributed by atoms with Crippen molar-refractivity contribution >= 4 is 33.3 Å². The minimum atomic E-state index is -3.99. The quantitative estimate of drug-likeness (QED) is 0.694. The van der Waals surface area contributed by atoms with Crippen molar-refractivity contribution in [2.45, 2.75) is 31.6 Å². The summed E-state index contributed by atoms with van der Waals surface area (Å²) in [7, 11) is -3.99. The van der Waals surface area contributed by atoms with Crippen molar-refractivity contribution in [2.75, 3.05) is 22.7 Å². The summed E-state index contributed by atoms with van der Waals surface area (Å²) in [5, 5.41) is 9.28. The zero-order valence-electron chi connectivity index (χ0n) is 16.3. The number of carbonyl (C=O) groups is 2. The second-order valence-electron chi connectivity index (χ2n) is 7.26. The van der Waals surface area contributed by atoms with Crippen LogP contribution in [0.15, 0.2) is 41.4 Å². The van der Waals surface area contributed by atoms with E-state index in [4.69, 9.17) is 0 Å². The van der Waals surface area contributed by atoms with E-state index >= 15 is 0 Å². The first kappa shape index (κ1) is 20.8. The number of piperidine rings is 1. The second kappa shape index (κ2) is 8.20. The van der Waals surface area contributed by atoms with Gasteiger partial charge >= 0.3 is 5.97 Å². The molecule has 2 aromatic rings. The average Bonchev–Trinajstić information content (AvgIpc) is 2.68. The molecule has 9 heteroatoms. The fourth-order valence-corrected chi connectivity index (χ4v) is 4.25. The highest BCUT2D eigenvalue weighted by molar-refractivity contribution is 7.92. The van der Waals surface area contributed by atoms with E-state index in [0.717, 1.165) is 12.8 Å². The molecule has 0 radical (unpaired) electrons. The van der Waals surface area contributed by atoms with Crippen molar-refractivity contribution in [1.29, 1.82) is 0 Å². The van der Waals surface area contributed by atoms with Gasteiger partial charge in [-0.15, -0.1) is 0 Å². The molecule has 1 aromatic heterocycles. The van der Waals surface area contributed by atoms with Gasteiger partial charge in [-0.25, -0.2) is 18.2 Å². The molecule has 1 fully saturated rings. The van der Waals surface area contributed by atoms with E-state index < -0.39 is 16.0 Å². The Morgan fingerprint density at radius 2 is 1.76 bits per heavy atom. The molecule has 0 atom stereocenters. The minimum absolute atomic E-state index is 0.0264. The van der Waals surface area contributed by atoms with E-state index in [0.29, 0.717) is 30.4 Å². The molecule has 1 aliphatic rings. The molecule has 8 nitrogen and oxygen atoms in total. The first-order valence-electron chi connectivity index (χ1n) is 9.29. The summed E-state index contributed by atoms with van der Waals surface area (Å²) in [6.45, 7) is 4.98. The van der Waals surface area contributed by atoms with Crippen LogP contribution in [-0.4, -0.2) is 43.4 Å². The Hall–Kier alpha value is -2.94. The van der Waals surface area contributed by atoms with E-state index in [1.165, 1.54) is 43.5 Å². The van der Waals surface area contributed by atoms with Gasteiger partial charge in [0.1, 0.15) is 0 Å². The van der Waals surface area contributed by atoms with Crippen LogP contribution in [0.5, 0.6) is 0 Å². The Kier molecular flexibility index (Phi) is 5.88. The number of rotatable bonds is 6. The number of anilines is 2. The maximum absolute atomic E-state index is 12.9. The lowest BCUT2D eigenvalue weighted by molar-refractivity contribution is 0.0696. The van der Waals surface area contributed by atoms with Gasteiger partial charge < -0.3 is 10.0 Å². The van der Waals surface area contributed by atoms with E-state index in [2.05, 4.69) is 16.6 Å². The number of carboxylic acids is 1. The Bertz CT molecular complexity index is 1030. The molecule has 0 spiro atoms. The van der Waals surface area contributed by atoms with Crippen LogP contribution in [0.3, 0.4) is 0 Å². The third kappa shape index (κ3) is 4.73. The summed E-state index contributed by atoms with van der Waals surface area (Å²) in [4.78, 5) is 28.9. The second-order valence-corrected chi connectivity index (χ2v) is 8.94. The standard InChI is InChI=1S/C20H23N3O5S/c1-13-7-9-23(10-8-13)19-18(11-16(12-21-19)20(25)26)22-29(27,28)17-5-3-15(4-6-17)14(2)24/h3-6,11-13,22H,7-10H2,1-2H3,(H,25,26). The van der Waals surface area contributed by atoms with Gasteiger partial charge in [-0.1, -0.05) is 19.1 Å². The summed E-state index contributed by atoms with van der Waals surface area (Å²) in [5.41, 5.74) is 0.417. The van der Waals surface area contributed by atoms with Gasteiger partial charge in [0.15, 0.2) is 11.6 Å². The molecule has 1 aliphatic heterocycles. The summed E-state index contributed by atoms with van der Waals surface area (Å²) < 4.78 is 28.2. The maximum Gasteiger partial charge on any atom is 0.337 e. The molecule has 1 aromatic carbocycles. The Morgan fingerprint density at radius 1 is 1.14 bits per heavy atom. The molecule has 2 N–H and O–H groups in total. The van der Waals surface area contributed by atoms with Crippen molar-refractivity contribution in [1.82, 2.24) is 4.98 Å². The van der Waals surface area contributed by atoms with E-state index in [1.807, 2.05) is 4.90 Å². The third-order valence-corrected chi connectivity index (χ3v) is 6.39. The molecule has 0 amide bonds. The van der Waals surface area contributed by atoms with Crippen LogP contribution in [0.25, 0.3) is 0 Å². The summed E-state index contributed by atoms with van der Waals surface area (Å²) in [6, 6.07) is 6.85. The number of aromatic nitrogens is 1. The average molecular weight is 417 g/mol. The van der Waals surface area contributed by atoms with Crippen LogP contribution in [0, 0.1) is 5.92 Å². The normalized spacial score (nSPS) is 15.2. The van der Waals surface area contributed by atoms with Gasteiger partial charge in [0.05, 0.1) is 16.1 Å². The van der Waals surface area contributed by atoms with Crippen LogP contribution in [0.4, 0.5) is 11.5 Å². The molecule has 0 unspecified atom stereocenters. The lowest BCUT2D eigenvalue weighted by atomic mass is 9.99. The van der Waals surface area contributed by atoms with Crippen molar-refractivity contribution < 1.29 is 23.1 Å². The fourth-order valence-electron chi connectivity index (χ4n) is 3.19. The van der Waals surface area contributed by atoms with Crippen molar-refractivity contribution in [2.24, 2.45) is 5.92 Å². The fraction of sp³-hybridized carbons (Fsp3) is 0.350. The molecular formula is C20H23N3O5S. The molecule has 0 saturated carbocycles. The number of nitrogens with zero attached hydrogens (tertiary/aromatic N) is 2. The highest BCUT2D eigenvalue weighted by Crippen LogP contribution is 2.30. The zero-order valence-corrected chi connectivity index (χ0v) is 17.1. The number of carboxylic acid groups (broad SMARTS) is 1. The number of nitrogens with one attached hydrogen (secondary N) is 1. The van der Waals surface area contributed by atoms with Gasteiger partial charge in [-0.05, 0) is 43.9 Å². The maximum atomic E-state index is 12.9. The number of aromatic carboxylic acids is 1. The predicted molar refractivity (Wildman–Crippen MR) is 109 cm³/mol. The van der Waals surface area contributed by atoms with E-state index in [1.54, 1.807) is 0 Å². The summed E-state index contributed by atoms with van der Waals surface area (Å²) >= 11 is 0. The third-order valence-electron chi connectivity index (χ3n) is 5.01. The highest BCUT2D eigenvalue weighted by Gasteiger charge is 2.24. The molecule has 0 bridgehead atoms. The van der Waals surface area contributed by atoms with Crippen LogP contribution in [0.1, 0.15) is 47.4 Å². The topological polar surface area (TPSA) is 117 Å². The van der Waals surface area contributed by atoms with Gasteiger partial charge in [0.2, 0.25) is 0 Å². The number of Topliss-reactive ketones (excluding diaryl/α,β-unsaturated/α-hetero) is 1. The SMILES string of the molecule is CC(=O)c1ccc(S(=O)(=O)Nc2cc(C(=O)O)cnc2N2CCC(C)CC2)cc1. The van der Waals surface area contributed by atoms with Crippen LogP contribution >= 0.6 is 0 Å². The smallest absolute Gasteiger partial charge is 0.337 e. The lowest BCUT2D eigenvalue weighted by Gasteiger charge is -2.32. The molecule has 154 valence electrons. The first-order valence-corrected chi connectivity index (χ1v) is 10.8. The predicted octanol–water partition coefficient (Wildman–Crippen LogP) is 3.02.